The highest BCUT2D eigenvalue weighted by Crippen LogP contribution is 2.27. The van der Waals surface area contributed by atoms with Crippen LogP contribution in [0.4, 0.5) is 11.4 Å². The second kappa shape index (κ2) is 4.70. The zero-order valence-corrected chi connectivity index (χ0v) is 8.75. The molecule has 0 aliphatic carbocycles. The van der Waals surface area contributed by atoms with Crippen molar-refractivity contribution in [1.82, 2.24) is 0 Å². The number of anilines is 2. The molecule has 1 aromatic carbocycles. The van der Waals surface area contributed by atoms with Gasteiger partial charge in [0.1, 0.15) is 6.61 Å². The number of hydrogen-bond donors (Lipinski definition) is 2. The van der Waals surface area contributed by atoms with Crippen molar-refractivity contribution in [3.63, 3.8) is 0 Å². The predicted octanol–water partition coefficient (Wildman–Crippen LogP) is 1.85. The molecule has 0 unspecified atom stereocenters. The van der Waals surface area contributed by atoms with E-state index < -0.39 is 5.97 Å². The average molecular weight is 227 g/mol. The van der Waals surface area contributed by atoms with Crippen LogP contribution in [0.5, 0.6) is 0 Å². The summed E-state index contributed by atoms with van der Waals surface area (Å²) in [6.07, 6.45) is 1.47. The van der Waals surface area contributed by atoms with Crippen molar-refractivity contribution in [2.45, 2.75) is 0 Å². The standard InChI is InChI=1S/C10H11ClN2O2/c1-2-3-15-10(14)6-4-7(12)9(11)8(13)5-6/h2,4-5H,1,3,12-13H2. The van der Waals surface area contributed by atoms with Crippen LogP contribution in [0.25, 0.3) is 0 Å². The van der Waals surface area contributed by atoms with Crippen LogP contribution >= 0.6 is 11.6 Å². The van der Waals surface area contributed by atoms with Gasteiger partial charge in [-0.2, -0.15) is 0 Å². The van der Waals surface area contributed by atoms with Gasteiger partial charge in [-0.05, 0) is 12.1 Å². The number of benzene rings is 1. The molecule has 80 valence electrons. The molecule has 15 heavy (non-hydrogen) atoms. The highest BCUT2D eigenvalue weighted by molar-refractivity contribution is 6.35. The number of carbonyl (C=O) groups excluding carboxylic acids is 1. The third-order valence-corrected chi connectivity index (χ3v) is 2.13. The minimum Gasteiger partial charge on any atom is -0.458 e. The topological polar surface area (TPSA) is 78.3 Å². The molecule has 0 radical (unpaired) electrons. The van der Waals surface area contributed by atoms with Crippen molar-refractivity contribution in [1.29, 1.82) is 0 Å². The van der Waals surface area contributed by atoms with E-state index in [2.05, 4.69) is 6.58 Å². The number of carbonyl (C=O) groups is 1. The fourth-order valence-electron chi connectivity index (χ4n) is 1.01. The first-order valence-electron chi connectivity index (χ1n) is 4.18. The number of rotatable bonds is 3. The fraction of sp³-hybridized carbons (Fsp3) is 0.100. The zero-order valence-electron chi connectivity index (χ0n) is 8.00. The molecule has 1 rings (SSSR count). The summed E-state index contributed by atoms with van der Waals surface area (Å²) in [5, 5.41) is 0.246. The third kappa shape index (κ3) is 2.63. The number of esters is 1. The first kappa shape index (κ1) is 11.4. The molecule has 0 aliphatic heterocycles. The van der Waals surface area contributed by atoms with Crippen LogP contribution in [0, 0.1) is 0 Å². The molecule has 0 atom stereocenters. The quantitative estimate of drug-likeness (QED) is 0.468. The Balaban J connectivity index is 2.95. The number of hydrogen-bond acceptors (Lipinski definition) is 4. The van der Waals surface area contributed by atoms with E-state index >= 15 is 0 Å². The van der Waals surface area contributed by atoms with Crippen LogP contribution in [0.15, 0.2) is 24.8 Å². The normalized spacial score (nSPS) is 9.67. The zero-order chi connectivity index (χ0) is 11.4. The van der Waals surface area contributed by atoms with Crippen molar-refractivity contribution < 1.29 is 9.53 Å². The molecule has 0 spiro atoms. The lowest BCUT2D eigenvalue weighted by Crippen LogP contribution is -2.07. The summed E-state index contributed by atoms with van der Waals surface area (Å²) in [6.45, 7) is 3.57. The monoisotopic (exact) mass is 226 g/mol. The van der Waals surface area contributed by atoms with E-state index in [1.54, 1.807) is 0 Å². The Labute approximate surface area is 92.5 Å². The highest BCUT2D eigenvalue weighted by Gasteiger charge is 2.11. The van der Waals surface area contributed by atoms with Crippen LogP contribution in [-0.2, 0) is 4.74 Å². The van der Waals surface area contributed by atoms with Crippen LogP contribution in [0.1, 0.15) is 10.4 Å². The van der Waals surface area contributed by atoms with Gasteiger partial charge in [0, 0.05) is 0 Å². The van der Waals surface area contributed by atoms with E-state index in [-0.39, 0.29) is 28.6 Å². The molecule has 0 aromatic heterocycles. The Bertz CT molecular complexity index is 381. The molecular formula is C10H11ClN2O2. The lowest BCUT2D eigenvalue weighted by molar-refractivity contribution is 0.0550. The van der Waals surface area contributed by atoms with E-state index in [0.717, 1.165) is 0 Å². The van der Waals surface area contributed by atoms with Crippen molar-refractivity contribution in [2.75, 3.05) is 18.1 Å². The number of halogens is 1. The van der Waals surface area contributed by atoms with Gasteiger partial charge in [-0.15, -0.1) is 0 Å². The van der Waals surface area contributed by atoms with Gasteiger partial charge in [-0.1, -0.05) is 24.3 Å². The van der Waals surface area contributed by atoms with Crippen molar-refractivity contribution in [3.8, 4) is 0 Å². The minimum atomic E-state index is -0.509. The summed E-state index contributed by atoms with van der Waals surface area (Å²) in [6, 6.07) is 2.84. The highest BCUT2D eigenvalue weighted by atomic mass is 35.5. The van der Waals surface area contributed by atoms with Crippen molar-refractivity contribution in [3.05, 3.63) is 35.4 Å². The van der Waals surface area contributed by atoms with Gasteiger partial charge in [0.15, 0.2) is 0 Å². The van der Waals surface area contributed by atoms with Gasteiger partial charge < -0.3 is 16.2 Å². The molecule has 4 N–H and O–H groups in total. The largest absolute Gasteiger partial charge is 0.458 e. The Kier molecular flexibility index (Phi) is 3.57. The first-order chi connectivity index (χ1) is 7.06. The number of nitrogens with two attached hydrogens (primary N) is 2. The Morgan fingerprint density at radius 2 is 2.00 bits per heavy atom. The summed E-state index contributed by atoms with van der Waals surface area (Å²) in [5.41, 5.74) is 11.9. The van der Waals surface area contributed by atoms with Gasteiger partial charge >= 0.3 is 5.97 Å². The van der Waals surface area contributed by atoms with Gasteiger partial charge in [0.25, 0.3) is 0 Å². The molecule has 0 fully saturated rings. The van der Waals surface area contributed by atoms with E-state index in [1.165, 1.54) is 18.2 Å². The van der Waals surface area contributed by atoms with Crippen LogP contribution in [-0.4, -0.2) is 12.6 Å². The van der Waals surface area contributed by atoms with E-state index in [0.29, 0.717) is 0 Å². The van der Waals surface area contributed by atoms with Gasteiger partial charge in [-0.25, -0.2) is 4.79 Å². The van der Waals surface area contributed by atoms with Crippen LogP contribution in [0.3, 0.4) is 0 Å². The minimum absolute atomic E-state index is 0.140. The van der Waals surface area contributed by atoms with E-state index in [9.17, 15) is 4.79 Å². The Morgan fingerprint density at radius 1 is 1.47 bits per heavy atom. The maximum Gasteiger partial charge on any atom is 0.338 e. The summed E-state index contributed by atoms with van der Waals surface area (Å²) in [7, 11) is 0. The second-order valence-electron chi connectivity index (χ2n) is 2.86. The molecule has 0 amide bonds. The molecule has 0 aliphatic rings. The smallest absolute Gasteiger partial charge is 0.338 e. The van der Waals surface area contributed by atoms with Gasteiger partial charge in [-0.3, -0.25) is 0 Å². The number of ether oxygens (including phenoxy) is 1. The third-order valence-electron chi connectivity index (χ3n) is 1.70. The molecule has 5 heteroatoms. The predicted molar refractivity (Wildman–Crippen MR) is 60.8 cm³/mol. The summed E-state index contributed by atoms with van der Waals surface area (Å²) in [5.74, 6) is -0.509. The summed E-state index contributed by atoms with van der Waals surface area (Å²) >= 11 is 5.74. The molecular weight excluding hydrogens is 216 g/mol. The van der Waals surface area contributed by atoms with Crippen molar-refractivity contribution in [2.24, 2.45) is 0 Å². The van der Waals surface area contributed by atoms with E-state index in [1.807, 2.05) is 0 Å². The van der Waals surface area contributed by atoms with Crippen molar-refractivity contribution >= 4 is 28.9 Å². The molecule has 4 nitrogen and oxygen atoms in total. The molecule has 0 heterocycles. The summed E-state index contributed by atoms with van der Waals surface area (Å²) < 4.78 is 4.82. The van der Waals surface area contributed by atoms with Crippen LogP contribution < -0.4 is 11.5 Å². The first-order valence-corrected chi connectivity index (χ1v) is 4.56. The Hall–Kier alpha value is -1.68. The maximum atomic E-state index is 11.4. The number of nitrogen functional groups attached to an aromatic ring is 2. The van der Waals surface area contributed by atoms with Gasteiger partial charge in [0.2, 0.25) is 0 Å². The molecule has 1 aromatic rings. The maximum absolute atomic E-state index is 11.4. The molecule has 0 saturated heterocycles. The van der Waals surface area contributed by atoms with Crippen LogP contribution in [0.2, 0.25) is 5.02 Å². The lowest BCUT2D eigenvalue weighted by Gasteiger charge is -2.06. The SMILES string of the molecule is C=CCOC(=O)c1cc(N)c(Cl)c(N)c1. The summed E-state index contributed by atoms with van der Waals surface area (Å²) in [4.78, 5) is 11.4. The molecule has 0 bridgehead atoms. The van der Waals surface area contributed by atoms with Gasteiger partial charge in [0.05, 0.1) is 22.0 Å². The second-order valence-corrected chi connectivity index (χ2v) is 3.23. The van der Waals surface area contributed by atoms with E-state index in [4.69, 9.17) is 27.8 Å². The molecule has 0 saturated carbocycles. The Morgan fingerprint density at radius 3 is 2.47 bits per heavy atom. The lowest BCUT2D eigenvalue weighted by atomic mass is 10.2. The fourth-order valence-corrected chi connectivity index (χ4v) is 1.12. The average Bonchev–Trinajstić information content (AvgIpc) is 2.21.